The zero-order valence-corrected chi connectivity index (χ0v) is 10.5. The normalized spacial score (nSPS) is 16.6. The van der Waals surface area contributed by atoms with E-state index >= 15 is 0 Å². The van der Waals surface area contributed by atoms with Gasteiger partial charge in [-0.25, -0.2) is 15.4 Å². The van der Waals surface area contributed by atoms with E-state index in [0.29, 0.717) is 31.2 Å². The van der Waals surface area contributed by atoms with E-state index in [1.54, 1.807) is 20.8 Å². The SMILES string of the molecule is CC(C)(C)OC(=O)N(N)C(=O)N1CCNCC1. The van der Waals surface area contributed by atoms with Crippen LogP contribution in [-0.2, 0) is 4.74 Å². The summed E-state index contributed by atoms with van der Waals surface area (Å²) in [5, 5.41) is 3.63. The van der Waals surface area contributed by atoms with E-state index in [1.165, 1.54) is 4.90 Å². The number of carbonyl (C=O) groups excluding carboxylic acids is 2. The van der Waals surface area contributed by atoms with Crippen molar-refractivity contribution >= 4 is 12.1 Å². The fourth-order valence-corrected chi connectivity index (χ4v) is 1.40. The average Bonchev–Trinajstić information content (AvgIpc) is 2.26. The molecule has 98 valence electrons. The number of amides is 3. The number of nitrogens with one attached hydrogen (secondary N) is 1. The Labute approximate surface area is 101 Å². The zero-order valence-electron chi connectivity index (χ0n) is 10.5. The summed E-state index contributed by atoms with van der Waals surface area (Å²) < 4.78 is 5.01. The van der Waals surface area contributed by atoms with Crippen LogP contribution in [-0.4, -0.2) is 53.8 Å². The molecule has 0 unspecified atom stereocenters. The molecule has 0 atom stereocenters. The molecule has 7 nitrogen and oxygen atoms in total. The highest BCUT2D eigenvalue weighted by Gasteiger charge is 2.28. The number of carbonyl (C=O) groups is 2. The third-order valence-corrected chi connectivity index (χ3v) is 2.18. The number of imide groups is 1. The highest BCUT2D eigenvalue weighted by Crippen LogP contribution is 2.09. The Morgan fingerprint density at radius 2 is 1.82 bits per heavy atom. The first-order chi connectivity index (χ1) is 7.81. The topological polar surface area (TPSA) is 87.9 Å². The molecule has 0 spiro atoms. The van der Waals surface area contributed by atoms with Crippen molar-refractivity contribution < 1.29 is 14.3 Å². The molecule has 17 heavy (non-hydrogen) atoms. The van der Waals surface area contributed by atoms with E-state index in [1.807, 2.05) is 0 Å². The molecule has 0 saturated carbocycles. The standard InChI is InChI=1S/C10H20N4O3/c1-10(2,3)17-9(16)14(11)8(15)13-6-4-12-5-7-13/h12H,4-7,11H2,1-3H3. The highest BCUT2D eigenvalue weighted by atomic mass is 16.6. The molecule has 0 aromatic carbocycles. The second-order valence-electron chi connectivity index (χ2n) is 4.87. The first-order valence-electron chi connectivity index (χ1n) is 5.59. The van der Waals surface area contributed by atoms with Crippen molar-refractivity contribution in [2.75, 3.05) is 26.2 Å². The quantitative estimate of drug-likeness (QED) is 0.359. The number of hydrogen-bond acceptors (Lipinski definition) is 5. The largest absolute Gasteiger partial charge is 0.442 e. The molecule has 7 heteroatoms. The van der Waals surface area contributed by atoms with Crippen molar-refractivity contribution in [3.8, 4) is 0 Å². The smallest absolute Gasteiger partial charge is 0.433 e. The molecule has 1 aliphatic heterocycles. The van der Waals surface area contributed by atoms with Crippen molar-refractivity contribution in [1.82, 2.24) is 15.2 Å². The molecule has 0 radical (unpaired) electrons. The lowest BCUT2D eigenvalue weighted by atomic mass is 10.2. The van der Waals surface area contributed by atoms with Gasteiger partial charge in [0.1, 0.15) is 5.60 Å². The van der Waals surface area contributed by atoms with Crippen LogP contribution in [0.3, 0.4) is 0 Å². The molecule has 0 aromatic heterocycles. The first-order valence-corrected chi connectivity index (χ1v) is 5.59. The minimum absolute atomic E-state index is 0.524. The Hall–Kier alpha value is -1.34. The van der Waals surface area contributed by atoms with Crippen LogP contribution in [0.1, 0.15) is 20.8 Å². The lowest BCUT2D eigenvalue weighted by molar-refractivity contribution is 0.0279. The molecule has 3 amide bonds. The van der Waals surface area contributed by atoms with Crippen molar-refractivity contribution in [2.24, 2.45) is 5.84 Å². The third-order valence-electron chi connectivity index (χ3n) is 2.18. The first kappa shape index (κ1) is 13.7. The van der Waals surface area contributed by atoms with Gasteiger partial charge in [-0.05, 0) is 20.8 Å². The summed E-state index contributed by atoms with van der Waals surface area (Å²) in [6, 6.07) is -0.527. The van der Waals surface area contributed by atoms with Crippen molar-refractivity contribution in [1.29, 1.82) is 0 Å². The fourth-order valence-electron chi connectivity index (χ4n) is 1.40. The molecular weight excluding hydrogens is 224 g/mol. The number of hydrazine groups is 1. The van der Waals surface area contributed by atoms with Crippen LogP contribution in [0.5, 0.6) is 0 Å². The molecule has 1 heterocycles. The zero-order chi connectivity index (χ0) is 13.1. The van der Waals surface area contributed by atoms with E-state index in [9.17, 15) is 9.59 Å². The summed E-state index contributed by atoms with van der Waals surface area (Å²) in [5.41, 5.74) is -0.668. The molecule has 0 bridgehead atoms. The van der Waals surface area contributed by atoms with E-state index in [0.717, 1.165) is 0 Å². The number of ether oxygens (including phenoxy) is 1. The summed E-state index contributed by atoms with van der Waals surface area (Å²) in [4.78, 5) is 24.9. The minimum Gasteiger partial charge on any atom is -0.442 e. The predicted molar refractivity (Wildman–Crippen MR) is 62.1 cm³/mol. The summed E-state index contributed by atoms with van der Waals surface area (Å²) in [5.74, 6) is 5.45. The predicted octanol–water partition coefficient (Wildman–Crippen LogP) is 0.122. The van der Waals surface area contributed by atoms with Crippen LogP contribution >= 0.6 is 0 Å². The highest BCUT2D eigenvalue weighted by molar-refractivity contribution is 5.90. The summed E-state index contributed by atoms with van der Waals surface area (Å²) in [7, 11) is 0. The Morgan fingerprint density at radius 3 is 2.29 bits per heavy atom. The van der Waals surface area contributed by atoms with Gasteiger partial charge in [-0.2, -0.15) is 5.01 Å². The van der Waals surface area contributed by atoms with Crippen molar-refractivity contribution in [3.05, 3.63) is 0 Å². The van der Waals surface area contributed by atoms with Crippen LogP contribution in [0, 0.1) is 0 Å². The van der Waals surface area contributed by atoms with Crippen LogP contribution in [0.4, 0.5) is 9.59 Å². The maximum Gasteiger partial charge on any atom is 0.433 e. The average molecular weight is 244 g/mol. The molecule has 1 aliphatic rings. The summed E-state index contributed by atoms with van der Waals surface area (Å²) >= 11 is 0. The summed E-state index contributed by atoms with van der Waals surface area (Å²) in [6.45, 7) is 7.63. The van der Waals surface area contributed by atoms with Crippen LogP contribution < -0.4 is 11.2 Å². The van der Waals surface area contributed by atoms with E-state index in [2.05, 4.69) is 5.32 Å². The number of rotatable bonds is 0. The third kappa shape index (κ3) is 4.20. The molecule has 0 aromatic rings. The summed E-state index contributed by atoms with van der Waals surface area (Å²) in [6.07, 6.45) is -0.832. The lowest BCUT2D eigenvalue weighted by Gasteiger charge is -2.31. The van der Waals surface area contributed by atoms with Gasteiger partial charge < -0.3 is 15.0 Å². The number of nitrogens with two attached hydrogens (primary N) is 1. The number of hydrogen-bond donors (Lipinski definition) is 2. The van der Waals surface area contributed by atoms with Crippen molar-refractivity contribution in [2.45, 2.75) is 26.4 Å². The van der Waals surface area contributed by atoms with Gasteiger partial charge >= 0.3 is 12.1 Å². The maximum atomic E-state index is 11.8. The number of urea groups is 1. The molecular formula is C10H20N4O3. The minimum atomic E-state index is -0.832. The maximum absolute atomic E-state index is 11.8. The molecule has 1 saturated heterocycles. The van der Waals surface area contributed by atoms with Crippen LogP contribution in [0.25, 0.3) is 0 Å². The van der Waals surface area contributed by atoms with E-state index in [-0.39, 0.29) is 0 Å². The van der Waals surface area contributed by atoms with Gasteiger partial charge in [-0.3, -0.25) is 0 Å². The van der Waals surface area contributed by atoms with E-state index in [4.69, 9.17) is 10.6 Å². The molecule has 1 rings (SSSR count). The van der Waals surface area contributed by atoms with Gasteiger partial charge in [0, 0.05) is 26.2 Å². The van der Waals surface area contributed by atoms with Gasteiger partial charge in [-0.15, -0.1) is 0 Å². The fraction of sp³-hybridized carbons (Fsp3) is 0.800. The van der Waals surface area contributed by atoms with Gasteiger partial charge in [0.25, 0.3) is 0 Å². The Kier molecular flexibility index (Phi) is 4.30. The molecule has 1 fully saturated rings. The Balaban J connectivity index is 2.53. The Morgan fingerprint density at radius 1 is 1.29 bits per heavy atom. The second-order valence-corrected chi connectivity index (χ2v) is 4.87. The molecule has 3 N–H and O–H groups in total. The van der Waals surface area contributed by atoms with Crippen LogP contribution in [0.2, 0.25) is 0 Å². The van der Waals surface area contributed by atoms with Gasteiger partial charge in [0.05, 0.1) is 0 Å². The number of piperazine rings is 1. The monoisotopic (exact) mass is 244 g/mol. The second kappa shape index (κ2) is 5.33. The Bertz CT molecular complexity index is 294. The van der Waals surface area contributed by atoms with Gasteiger partial charge in [0.15, 0.2) is 0 Å². The van der Waals surface area contributed by atoms with E-state index < -0.39 is 17.7 Å². The lowest BCUT2D eigenvalue weighted by Crippen LogP contribution is -2.56. The molecule has 0 aliphatic carbocycles. The number of nitrogens with zero attached hydrogens (tertiary/aromatic N) is 2. The van der Waals surface area contributed by atoms with Crippen molar-refractivity contribution in [3.63, 3.8) is 0 Å². The van der Waals surface area contributed by atoms with Crippen LogP contribution in [0.15, 0.2) is 0 Å². The van der Waals surface area contributed by atoms with Gasteiger partial charge in [-0.1, -0.05) is 0 Å². The van der Waals surface area contributed by atoms with Gasteiger partial charge in [0.2, 0.25) is 0 Å².